The Bertz CT molecular complexity index is 1300. The van der Waals surface area contributed by atoms with Crippen LogP contribution in [0.5, 0.6) is 11.5 Å². The summed E-state index contributed by atoms with van der Waals surface area (Å²) in [6.45, 7) is 0.423. The summed E-state index contributed by atoms with van der Waals surface area (Å²) in [6.07, 6.45) is 2.54. The summed E-state index contributed by atoms with van der Waals surface area (Å²) in [7, 11) is 1.53. The van der Waals surface area contributed by atoms with E-state index in [4.69, 9.17) is 19.7 Å². The van der Waals surface area contributed by atoms with Crippen molar-refractivity contribution < 1.29 is 14.3 Å². The molecule has 0 atom stereocenters. The molecule has 1 fully saturated rings. The molecule has 0 unspecified atom stereocenters. The number of carbonyl (C=O) groups is 1. The number of carbonyl (C=O) groups excluding carboxylic acids is 1. The molecular weight excluding hydrogens is 526 g/mol. The van der Waals surface area contributed by atoms with Crippen molar-refractivity contribution in [2.45, 2.75) is 6.42 Å². The summed E-state index contributed by atoms with van der Waals surface area (Å²) in [5, 5.41) is 9.47. The Morgan fingerprint density at radius 3 is 2.51 bits per heavy atom. The molecule has 0 saturated carbocycles. The Morgan fingerprint density at radius 1 is 1.11 bits per heavy atom. The van der Waals surface area contributed by atoms with Crippen LogP contribution < -0.4 is 9.47 Å². The van der Waals surface area contributed by atoms with E-state index < -0.39 is 0 Å². The number of aliphatic imine (C=N–C) groups is 1. The number of hydrogen-bond acceptors (Lipinski definition) is 6. The van der Waals surface area contributed by atoms with Gasteiger partial charge < -0.3 is 9.47 Å². The minimum atomic E-state index is -0.0978. The van der Waals surface area contributed by atoms with E-state index >= 15 is 0 Å². The lowest BCUT2D eigenvalue weighted by Crippen LogP contribution is -2.31. The van der Waals surface area contributed by atoms with Crippen molar-refractivity contribution in [1.29, 1.82) is 5.26 Å². The Labute approximate surface area is 217 Å². The monoisotopic (exact) mass is 547 g/mol. The summed E-state index contributed by atoms with van der Waals surface area (Å²) in [5.41, 5.74) is 2.71. The molecule has 1 saturated heterocycles. The van der Waals surface area contributed by atoms with Gasteiger partial charge in [-0.25, -0.2) is 4.99 Å². The molecule has 1 amide bonds. The summed E-state index contributed by atoms with van der Waals surface area (Å²) < 4.78 is 11.6. The predicted molar refractivity (Wildman–Crippen MR) is 143 cm³/mol. The average molecular weight is 548 g/mol. The van der Waals surface area contributed by atoms with Gasteiger partial charge in [-0.05, 0) is 75.6 Å². The fourth-order valence-corrected chi connectivity index (χ4v) is 5.10. The Hall–Kier alpha value is -3.54. The zero-order valence-electron chi connectivity index (χ0n) is 19.0. The Kier molecular flexibility index (Phi) is 8.24. The van der Waals surface area contributed by atoms with Crippen LogP contribution in [-0.2, 0) is 11.2 Å². The molecule has 3 aromatic carbocycles. The third-order valence-corrected chi connectivity index (χ3v) is 6.76. The summed E-state index contributed by atoms with van der Waals surface area (Å²) in [5.74, 6) is 0.814. The molecule has 1 aliphatic rings. The van der Waals surface area contributed by atoms with Crippen molar-refractivity contribution in [3.8, 4) is 17.6 Å². The molecule has 8 heteroatoms. The zero-order chi connectivity index (χ0) is 24.6. The standard InChI is InChI=1S/C27H22BrN3O3S/c1-33-23-17-20(16-22(28)25(23)34-15-13-29)18-24-26(32)31(14-12-19-8-4-2-5-9-19)27(35-24)30-21-10-6-3-7-11-21/h2-11,16-18H,12,14-15H2,1H3/b24-18+,30-27?. The van der Waals surface area contributed by atoms with Crippen molar-refractivity contribution in [3.63, 3.8) is 0 Å². The maximum absolute atomic E-state index is 13.4. The van der Waals surface area contributed by atoms with Crippen molar-refractivity contribution in [1.82, 2.24) is 4.90 Å². The number of ether oxygens (including phenoxy) is 2. The highest BCUT2D eigenvalue weighted by Gasteiger charge is 2.33. The lowest BCUT2D eigenvalue weighted by Gasteiger charge is -2.15. The predicted octanol–water partition coefficient (Wildman–Crippen LogP) is 6.21. The number of nitrogens with zero attached hydrogens (tertiary/aromatic N) is 3. The highest BCUT2D eigenvalue weighted by Crippen LogP contribution is 2.39. The second-order valence-electron chi connectivity index (χ2n) is 7.51. The first-order valence-corrected chi connectivity index (χ1v) is 12.5. The van der Waals surface area contributed by atoms with Gasteiger partial charge in [0.15, 0.2) is 23.3 Å². The molecule has 1 aliphatic heterocycles. The zero-order valence-corrected chi connectivity index (χ0v) is 21.4. The summed E-state index contributed by atoms with van der Waals surface area (Å²) in [6, 6.07) is 25.2. The number of amidine groups is 1. The first kappa shape index (κ1) is 24.6. The molecule has 0 aliphatic carbocycles. The van der Waals surface area contributed by atoms with E-state index in [0.717, 1.165) is 23.2 Å². The first-order valence-electron chi connectivity index (χ1n) is 10.9. The normalized spacial score (nSPS) is 15.5. The lowest BCUT2D eigenvalue weighted by atomic mass is 10.1. The van der Waals surface area contributed by atoms with Gasteiger partial charge in [0.2, 0.25) is 0 Å². The fourth-order valence-electron chi connectivity index (χ4n) is 3.51. The second-order valence-corrected chi connectivity index (χ2v) is 9.38. The number of thioether (sulfide) groups is 1. The highest BCUT2D eigenvalue weighted by atomic mass is 79.9. The highest BCUT2D eigenvalue weighted by molar-refractivity contribution is 9.10. The van der Waals surface area contributed by atoms with Gasteiger partial charge in [0.25, 0.3) is 5.91 Å². The first-order chi connectivity index (χ1) is 17.1. The molecule has 0 N–H and O–H groups in total. The number of halogens is 1. The maximum atomic E-state index is 13.4. The van der Waals surface area contributed by atoms with Crippen molar-refractivity contribution >= 4 is 50.5 Å². The van der Waals surface area contributed by atoms with E-state index in [1.807, 2.05) is 66.7 Å². The third kappa shape index (κ3) is 6.13. The van der Waals surface area contributed by atoms with Crippen LogP contribution in [0.25, 0.3) is 6.08 Å². The quantitative estimate of drug-likeness (QED) is 0.313. The van der Waals surface area contributed by atoms with E-state index in [9.17, 15) is 4.79 Å². The van der Waals surface area contributed by atoms with E-state index in [2.05, 4.69) is 28.1 Å². The van der Waals surface area contributed by atoms with E-state index in [1.54, 1.807) is 11.0 Å². The van der Waals surface area contributed by atoms with E-state index in [-0.39, 0.29) is 12.5 Å². The molecule has 35 heavy (non-hydrogen) atoms. The van der Waals surface area contributed by atoms with Crippen LogP contribution in [0.2, 0.25) is 0 Å². The summed E-state index contributed by atoms with van der Waals surface area (Å²) >= 11 is 4.83. The van der Waals surface area contributed by atoms with Crippen LogP contribution in [-0.4, -0.2) is 36.2 Å². The molecule has 1 heterocycles. The molecule has 6 nitrogen and oxygen atoms in total. The van der Waals surface area contributed by atoms with Gasteiger partial charge in [-0.1, -0.05) is 48.5 Å². The van der Waals surface area contributed by atoms with E-state index in [1.165, 1.54) is 18.9 Å². The topological polar surface area (TPSA) is 74.9 Å². The van der Waals surface area contributed by atoms with Crippen LogP contribution in [0.3, 0.4) is 0 Å². The van der Waals surface area contributed by atoms with Gasteiger partial charge >= 0.3 is 0 Å². The minimum absolute atomic E-state index is 0.0968. The van der Waals surface area contributed by atoms with Gasteiger partial charge in [-0.15, -0.1) is 0 Å². The molecule has 0 bridgehead atoms. The van der Waals surface area contributed by atoms with Crippen LogP contribution in [0.4, 0.5) is 5.69 Å². The number of hydrogen-bond donors (Lipinski definition) is 0. The number of amides is 1. The van der Waals surface area contributed by atoms with Gasteiger partial charge in [0.1, 0.15) is 6.07 Å². The third-order valence-electron chi connectivity index (χ3n) is 5.17. The second kappa shape index (κ2) is 11.7. The lowest BCUT2D eigenvalue weighted by molar-refractivity contribution is -0.122. The number of benzene rings is 3. The summed E-state index contributed by atoms with van der Waals surface area (Å²) in [4.78, 5) is 20.5. The van der Waals surface area contributed by atoms with E-state index in [0.29, 0.717) is 32.6 Å². The Morgan fingerprint density at radius 2 is 1.83 bits per heavy atom. The van der Waals surface area contributed by atoms with Crippen molar-refractivity contribution in [2.24, 2.45) is 4.99 Å². The van der Waals surface area contributed by atoms with Crippen LogP contribution >= 0.6 is 27.7 Å². The van der Waals surface area contributed by atoms with Crippen LogP contribution in [0.15, 0.2) is 87.2 Å². The minimum Gasteiger partial charge on any atom is -0.493 e. The van der Waals surface area contributed by atoms with Gasteiger partial charge in [0, 0.05) is 6.54 Å². The average Bonchev–Trinajstić information content (AvgIpc) is 3.16. The van der Waals surface area contributed by atoms with Crippen LogP contribution in [0, 0.1) is 11.3 Å². The SMILES string of the molecule is COc1cc(/C=C2/SC(=Nc3ccccc3)N(CCc3ccccc3)C2=O)cc(Br)c1OCC#N. The van der Waals surface area contributed by atoms with Gasteiger partial charge in [-0.3, -0.25) is 9.69 Å². The van der Waals surface area contributed by atoms with Crippen LogP contribution in [0.1, 0.15) is 11.1 Å². The molecule has 0 aromatic heterocycles. The molecule has 4 rings (SSSR count). The molecule has 176 valence electrons. The maximum Gasteiger partial charge on any atom is 0.266 e. The van der Waals surface area contributed by atoms with Gasteiger partial charge in [-0.2, -0.15) is 5.26 Å². The largest absolute Gasteiger partial charge is 0.493 e. The fraction of sp³-hybridized carbons (Fsp3) is 0.148. The Balaban J connectivity index is 1.65. The smallest absolute Gasteiger partial charge is 0.266 e. The molecular formula is C27H22BrN3O3S. The number of rotatable bonds is 8. The molecule has 3 aromatic rings. The molecule has 0 spiro atoms. The number of methoxy groups -OCH3 is 1. The van der Waals surface area contributed by atoms with Crippen molar-refractivity contribution in [3.05, 3.63) is 93.3 Å². The van der Waals surface area contributed by atoms with Crippen molar-refractivity contribution in [2.75, 3.05) is 20.3 Å². The number of para-hydroxylation sites is 1. The molecule has 0 radical (unpaired) electrons. The number of nitriles is 1. The van der Waals surface area contributed by atoms with Gasteiger partial charge in [0.05, 0.1) is 22.2 Å².